The first-order valence-electron chi connectivity index (χ1n) is 8.46. The molecule has 1 aliphatic rings. The summed E-state index contributed by atoms with van der Waals surface area (Å²) >= 11 is 1.27. The molecular weight excluding hydrogens is 366 g/mol. The highest BCUT2D eigenvalue weighted by Gasteiger charge is 2.32. The second-order valence-corrected chi connectivity index (χ2v) is 7.52. The fourth-order valence-electron chi connectivity index (χ4n) is 2.60. The van der Waals surface area contributed by atoms with Gasteiger partial charge >= 0.3 is 0 Å². The number of carbonyl (C=O) groups excluding carboxylic acids is 1. The van der Waals surface area contributed by atoms with Gasteiger partial charge < -0.3 is 14.8 Å². The number of thioether (sulfide) groups is 1. The number of ether oxygens (including phenoxy) is 2. The van der Waals surface area contributed by atoms with Crippen molar-refractivity contribution in [3.63, 3.8) is 0 Å². The molecular formula is C18H21N5O3S. The Kier molecular flexibility index (Phi) is 5.86. The van der Waals surface area contributed by atoms with Gasteiger partial charge in [0.25, 0.3) is 0 Å². The van der Waals surface area contributed by atoms with E-state index in [2.05, 4.69) is 46.5 Å². The standard InChI is InChI=1S/C18H21N5O3S/c1-18(2)11-13-7-6-8-14(16(13)26-18)25-10-5-4-9-19-15(24)12-27-17-20-21-22-23(17)3/h6-8H,9-12H2,1-3H3,(H,19,24). The summed E-state index contributed by atoms with van der Waals surface area (Å²) in [7, 11) is 1.72. The Bertz CT molecular complexity index is 885. The van der Waals surface area contributed by atoms with E-state index in [0.29, 0.717) is 10.9 Å². The summed E-state index contributed by atoms with van der Waals surface area (Å²) in [6.45, 7) is 4.60. The molecule has 0 aliphatic carbocycles. The lowest BCUT2D eigenvalue weighted by Gasteiger charge is -2.17. The van der Waals surface area contributed by atoms with Gasteiger partial charge in [-0.2, -0.15) is 0 Å². The number of aromatic nitrogens is 4. The molecule has 1 aromatic carbocycles. The average Bonchev–Trinajstić information content (AvgIpc) is 3.17. The highest BCUT2D eigenvalue weighted by molar-refractivity contribution is 7.99. The van der Waals surface area contributed by atoms with Gasteiger partial charge in [-0.1, -0.05) is 35.7 Å². The van der Waals surface area contributed by atoms with Crippen molar-refractivity contribution in [2.24, 2.45) is 7.05 Å². The predicted molar refractivity (Wildman–Crippen MR) is 101 cm³/mol. The van der Waals surface area contributed by atoms with Gasteiger partial charge in [0.05, 0.1) is 12.3 Å². The molecule has 0 bridgehead atoms. The molecule has 0 saturated carbocycles. The highest BCUT2D eigenvalue weighted by Crippen LogP contribution is 2.41. The molecule has 1 amide bonds. The van der Waals surface area contributed by atoms with Crippen LogP contribution >= 0.6 is 11.8 Å². The minimum absolute atomic E-state index is 0.130. The number of fused-ring (bicyclic) bond motifs is 1. The molecule has 0 saturated heterocycles. The number of rotatable bonds is 6. The van der Waals surface area contributed by atoms with E-state index >= 15 is 0 Å². The second kappa shape index (κ2) is 8.31. The van der Waals surface area contributed by atoms with Crippen LogP contribution in [0.2, 0.25) is 0 Å². The average molecular weight is 387 g/mol. The Balaban J connectivity index is 1.39. The Morgan fingerprint density at radius 2 is 2.30 bits per heavy atom. The molecule has 27 heavy (non-hydrogen) atoms. The van der Waals surface area contributed by atoms with Crippen LogP contribution in [0.4, 0.5) is 0 Å². The molecule has 0 unspecified atom stereocenters. The SMILES string of the molecule is Cn1nnnc1SCC(=O)NCC#CCOc1cccc2c1OC(C)(C)C2. The van der Waals surface area contributed by atoms with Crippen molar-refractivity contribution in [3.05, 3.63) is 23.8 Å². The first-order chi connectivity index (χ1) is 12.9. The number of amides is 1. The number of para-hydroxylation sites is 1. The minimum atomic E-state index is -0.211. The number of aryl methyl sites for hydroxylation is 1. The molecule has 2 aromatic rings. The van der Waals surface area contributed by atoms with E-state index in [4.69, 9.17) is 9.47 Å². The first kappa shape index (κ1) is 19.0. The van der Waals surface area contributed by atoms with Crippen molar-refractivity contribution in [2.75, 3.05) is 18.9 Å². The Morgan fingerprint density at radius 3 is 3.07 bits per heavy atom. The maximum absolute atomic E-state index is 11.8. The summed E-state index contributed by atoms with van der Waals surface area (Å²) in [5, 5.41) is 14.3. The van der Waals surface area contributed by atoms with Crippen molar-refractivity contribution in [2.45, 2.75) is 31.0 Å². The van der Waals surface area contributed by atoms with Crippen LogP contribution in [-0.2, 0) is 18.3 Å². The lowest BCUT2D eigenvalue weighted by molar-refractivity contribution is -0.118. The van der Waals surface area contributed by atoms with Gasteiger partial charge in [0.2, 0.25) is 11.1 Å². The maximum Gasteiger partial charge on any atom is 0.231 e. The number of hydrogen-bond acceptors (Lipinski definition) is 7. The molecule has 9 heteroatoms. The third kappa shape index (κ3) is 5.14. The van der Waals surface area contributed by atoms with Crippen molar-refractivity contribution >= 4 is 17.7 Å². The monoisotopic (exact) mass is 387 g/mol. The van der Waals surface area contributed by atoms with Crippen LogP contribution in [0.3, 0.4) is 0 Å². The van der Waals surface area contributed by atoms with Crippen molar-refractivity contribution in [1.82, 2.24) is 25.5 Å². The van der Waals surface area contributed by atoms with Gasteiger partial charge in [-0.15, -0.1) is 5.10 Å². The Morgan fingerprint density at radius 1 is 1.44 bits per heavy atom. The van der Waals surface area contributed by atoms with Gasteiger partial charge in [0, 0.05) is 19.0 Å². The molecule has 1 aromatic heterocycles. The largest absolute Gasteiger partial charge is 0.483 e. The summed E-state index contributed by atoms with van der Waals surface area (Å²) < 4.78 is 13.2. The maximum atomic E-state index is 11.8. The number of tetrazole rings is 1. The van der Waals surface area contributed by atoms with E-state index in [1.165, 1.54) is 16.4 Å². The van der Waals surface area contributed by atoms with E-state index in [1.807, 2.05) is 18.2 Å². The fraction of sp³-hybridized carbons (Fsp3) is 0.444. The molecule has 142 valence electrons. The molecule has 0 spiro atoms. The third-order valence-electron chi connectivity index (χ3n) is 3.77. The van der Waals surface area contributed by atoms with E-state index < -0.39 is 0 Å². The second-order valence-electron chi connectivity index (χ2n) is 6.58. The molecule has 1 aliphatic heterocycles. The quantitative estimate of drug-likeness (QED) is 0.588. The van der Waals surface area contributed by atoms with Crippen molar-refractivity contribution in [1.29, 1.82) is 0 Å². The predicted octanol–water partition coefficient (Wildman–Crippen LogP) is 1.21. The van der Waals surface area contributed by atoms with Crippen LogP contribution in [0.15, 0.2) is 23.4 Å². The normalized spacial score (nSPS) is 13.9. The Labute approximate surface area is 162 Å². The summed E-state index contributed by atoms with van der Waals surface area (Å²) in [4.78, 5) is 11.8. The smallest absolute Gasteiger partial charge is 0.231 e. The summed E-state index contributed by atoms with van der Waals surface area (Å²) in [5.41, 5.74) is 0.935. The number of nitrogens with zero attached hydrogens (tertiary/aromatic N) is 4. The van der Waals surface area contributed by atoms with Crippen LogP contribution in [0.25, 0.3) is 0 Å². The van der Waals surface area contributed by atoms with E-state index in [0.717, 1.165) is 17.7 Å². The Hall–Kier alpha value is -2.73. The molecule has 2 heterocycles. The van der Waals surface area contributed by atoms with E-state index in [-0.39, 0.29) is 30.4 Å². The van der Waals surface area contributed by atoms with E-state index in [9.17, 15) is 4.79 Å². The number of carbonyl (C=O) groups is 1. The number of benzene rings is 1. The number of hydrogen-bond donors (Lipinski definition) is 1. The van der Waals surface area contributed by atoms with Crippen molar-refractivity contribution < 1.29 is 14.3 Å². The molecule has 0 radical (unpaired) electrons. The van der Waals surface area contributed by atoms with Gasteiger partial charge in [0.15, 0.2) is 11.5 Å². The van der Waals surface area contributed by atoms with Gasteiger partial charge in [-0.05, 0) is 30.3 Å². The topological polar surface area (TPSA) is 91.2 Å². The first-order valence-corrected chi connectivity index (χ1v) is 9.44. The molecule has 8 nitrogen and oxygen atoms in total. The summed E-state index contributed by atoms with van der Waals surface area (Å²) in [6.07, 6.45) is 0.861. The van der Waals surface area contributed by atoms with Crippen LogP contribution in [0.1, 0.15) is 19.4 Å². The van der Waals surface area contributed by atoms with Crippen molar-refractivity contribution in [3.8, 4) is 23.3 Å². The lowest BCUT2D eigenvalue weighted by atomic mass is 10.0. The van der Waals surface area contributed by atoms with E-state index in [1.54, 1.807) is 7.05 Å². The van der Waals surface area contributed by atoms with Crippen LogP contribution < -0.4 is 14.8 Å². The third-order valence-corrected chi connectivity index (χ3v) is 4.78. The van der Waals surface area contributed by atoms with Gasteiger partial charge in [-0.3, -0.25) is 4.79 Å². The molecule has 0 fully saturated rings. The van der Waals surface area contributed by atoms with Gasteiger partial charge in [-0.25, -0.2) is 4.68 Å². The highest BCUT2D eigenvalue weighted by atomic mass is 32.2. The zero-order valence-electron chi connectivity index (χ0n) is 15.5. The zero-order valence-corrected chi connectivity index (χ0v) is 16.3. The fourth-order valence-corrected chi connectivity index (χ4v) is 3.28. The van der Waals surface area contributed by atoms with Crippen LogP contribution in [0.5, 0.6) is 11.5 Å². The molecule has 0 atom stereocenters. The molecule has 1 N–H and O–H groups in total. The summed E-state index contributed by atoms with van der Waals surface area (Å²) in [5.74, 6) is 7.37. The van der Waals surface area contributed by atoms with Crippen LogP contribution in [-0.4, -0.2) is 50.6 Å². The lowest BCUT2D eigenvalue weighted by Crippen LogP contribution is -2.25. The van der Waals surface area contributed by atoms with Gasteiger partial charge in [0.1, 0.15) is 12.2 Å². The zero-order chi connectivity index (χ0) is 19.3. The minimum Gasteiger partial charge on any atom is -0.483 e. The van der Waals surface area contributed by atoms with Crippen LogP contribution in [0, 0.1) is 11.8 Å². The summed E-state index contributed by atoms with van der Waals surface area (Å²) in [6, 6.07) is 5.88. The molecule has 3 rings (SSSR count). The number of nitrogens with one attached hydrogen (secondary N) is 1.